The summed E-state index contributed by atoms with van der Waals surface area (Å²) in [4.78, 5) is 30.1. The van der Waals surface area contributed by atoms with E-state index in [9.17, 15) is 18.0 Å². The van der Waals surface area contributed by atoms with E-state index in [1.54, 1.807) is 36.4 Å². The maximum atomic E-state index is 14.6. The van der Waals surface area contributed by atoms with Gasteiger partial charge in [0.2, 0.25) is 11.8 Å². The van der Waals surface area contributed by atoms with E-state index in [1.165, 1.54) is 24.1 Å². The molecule has 46 heavy (non-hydrogen) atoms. The van der Waals surface area contributed by atoms with E-state index in [-0.39, 0.29) is 35.5 Å². The molecule has 10 heteroatoms. The molecule has 1 N–H and O–H groups in total. The number of nitrogens with zero attached hydrogens (tertiary/aromatic N) is 2. The maximum Gasteiger partial charge on any atom is 0.264 e. The number of aryl methyl sites for hydroxylation is 1. The van der Waals surface area contributed by atoms with Gasteiger partial charge >= 0.3 is 0 Å². The van der Waals surface area contributed by atoms with Gasteiger partial charge in [-0.2, -0.15) is 0 Å². The summed E-state index contributed by atoms with van der Waals surface area (Å²) in [6.07, 6.45) is 0.953. The monoisotopic (exact) mass is 705 g/mol. The minimum Gasteiger partial charge on any atom is -0.497 e. The van der Waals surface area contributed by atoms with Crippen LogP contribution in [-0.4, -0.2) is 50.9 Å². The molecule has 2 atom stereocenters. The number of anilines is 1. The zero-order valence-corrected chi connectivity index (χ0v) is 28.9. The van der Waals surface area contributed by atoms with Gasteiger partial charge in [0.1, 0.15) is 18.3 Å². The first-order valence-electron chi connectivity index (χ1n) is 15.1. The summed E-state index contributed by atoms with van der Waals surface area (Å²) >= 11 is 3.51. The highest BCUT2D eigenvalue weighted by molar-refractivity contribution is 9.10. The number of ether oxygens (including phenoxy) is 1. The Morgan fingerprint density at radius 1 is 0.891 bits per heavy atom. The van der Waals surface area contributed by atoms with Gasteiger partial charge in [0, 0.05) is 29.5 Å². The second-order valence-corrected chi connectivity index (χ2v) is 14.0. The van der Waals surface area contributed by atoms with Crippen molar-refractivity contribution in [3.63, 3.8) is 0 Å². The van der Waals surface area contributed by atoms with Crippen LogP contribution in [0.4, 0.5) is 5.69 Å². The van der Waals surface area contributed by atoms with Crippen LogP contribution in [0.1, 0.15) is 37.0 Å². The highest BCUT2D eigenvalue weighted by atomic mass is 79.9. The molecular weight excluding hydrogens is 666 g/mol. The second kappa shape index (κ2) is 15.9. The van der Waals surface area contributed by atoms with Crippen LogP contribution >= 0.6 is 15.9 Å². The minimum atomic E-state index is -4.21. The van der Waals surface area contributed by atoms with Crippen molar-refractivity contribution in [3.05, 3.63) is 124 Å². The van der Waals surface area contributed by atoms with E-state index in [4.69, 9.17) is 4.74 Å². The zero-order chi connectivity index (χ0) is 33.3. The van der Waals surface area contributed by atoms with Crippen molar-refractivity contribution in [2.24, 2.45) is 0 Å². The third-order valence-corrected chi connectivity index (χ3v) is 10.0. The maximum absolute atomic E-state index is 14.6. The molecule has 0 unspecified atom stereocenters. The highest BCUT2D eigenvalue weighted by Gasteiger charge is 2.35. The van der Waals surface area contributed by atoms with E-state index in [1.807, 2.05) is 75.4 Å². The number of rotatable bonds is 14. The third-order valence-electron chi connectivity index (χ3n) is 7.74. The van der Waals surface area contributed by atoms with Gasteiger partial charge in [0.05, 0.1) is 17.7 Å². The quantitative estimate of drug-likeness (QED) is 0.161. The number of benzene rings is 4. The molecule has 0 aliphatic heterocycles. The van der Waals surface area contributed by atoms with Gasteiger partial charge in [-0.25, -0.2) is 8.42 Å². The fourth-order valence-electron chi connectivity index (χ4n) is 4.96. The molecule has 242 valence electrons. The van der Waals surface area contributed by atoms with E-state index in [2.05, 4.69) is 21.2 Å². The number of halogens is 1. The summed E-state index contributed by atoms with van der Waals surface area (Å²) in [6.45, 7) is 5.30. The molecule has 4 rings (SSSR count). The van der Waals surface area contributed by atoms with Crippen molar-refractivity contribution < 1.29 is 22.7 Å². The number of hydrogen-bond donors (Lipinski definition) is 1. The Bertz CT molecular complexity index is 1730. The van der Waals surface area contributed by atoms with Gasteiger partial charge in [-0.3, -0.25) is 13.9 Å². The van der Waals surface area contributed by atoms with Gasteiger partial charge in [-0.15, -0.1) is 0 Å². The standard InChI is InChI=1S/C36H40BrN3O5S/c1-5-27(3)38-36(42)34(22-28-11-7-6-8-12-28)39(24-29-13-9-14-30(37)21-29)35(41)25-40(31-15-10-16-32(23-31)45-4)46(43,44)33-19-17-26(2)18-20-33/h6-21,23,27,34H,5,22,24-25H2,1-4H3,(H,38,42)/t27-,34+/m1/s1. The summed E-state index contributed by atoms with van der Waals surface area (Å²) in [6, 6.07) is 29.0. The van der Waals surface area contributed by atoms with Crippen LogP contribution in [0, 0.1) is 6.92 Å². The predicted octanol–water partition coefficient (Wildman–Crippen LogP) is 6.52. The van der Waals surface area contributed by atoms with Gasteiger partial charge in [0.25, 0.3) is 10.0 Å². The van der Waals surface area contributed by atoms with Crippen LogP contribution in [0.25, 0.3) is 0 Å². The van der Waals surface area contributed by atoms with Crippen LogP contribution in [0.3, 0.4) is 0 Å². The molecular formula is C36H40BrN3O5S. The Morgan fingerprint density at radius 3 is 2.22 bits per heavy atom. The first-order valence-corrected chi connectivity index (χ1v) is 17.4. The van der Waals surface area contributed by atoms with Crippen molar-refractivity contribution in [2.45, 2.75) is 57.1 Å². The van der Waals surface area contributed by atoms with Crippen LogP contribution in [-0.2, 0) is 32.6 Å². The van der Waals surface area contributed by atoms with Gasteiger partial charge in [-0.05, 0) is 67.8 Å². The fourth-order valence-corrected chi connectivity index (χ4v) is 6.81. The first-order chi connectivity index (χ1) is 22.0. The van der Waals surface area contributed by atoms with Crippen LogP contribution in [0.2, 0.25) is 0 Å². The van der Waals surface area contributed by atoms with Crippen molar-refractivity contribution in [1.82, 2.24) is 10.2 Å². The molecule has 0 saturated heterocycles. The number of carbonyl (C=O) groups is 2. The van der Waals surface area contributed by atoms with Crippen molar-refractivity contribution >= 4 is 43.5 Å². The lowest BCUT2D eigenvalue weighted by atomic mass is 10.0. The number of nitrogens with one attached hydrogen (secondary N) is 1. The van der Waals surface area contributed by atoms with Gasteiger partial charge in [0.15, 0.2) is 0 Å². The smallest absolute Gasteiger partial charge is 0.264 e. The molecule has 2 amide bonds. The van der Waals surface area contributed by atoms with Crippen molar-refractivity contribution in [3.8, 4) is 5.75 Å². The third kappa shape index (κ3) is 8.98. The number of amides is 2. The van der Waals surface area contributed by atoms with Crippen LogP contribution in [0.15, 0.2) is 112 Å². The van der Waals surface area contributed by atoms with Crippen molar-refractivity contribution in [1.29, 1.82) is 0 Å². The normalized spacial score (nSPS) is 12.5. The lowest BCUT2D eigenvalue weighted by Gasteiger charge is -2.34. The minimum absolute atomic E-state index is 0.0441. The Kier molecular flexibility index (Phi) is 12.0. The SMILES string of the molecule is CC[C@@H](C)NC(=O)[C@H](Cc1ccccc1)N(Cc1cccc(Br)c1)C(=O)CN(c1cccc(OC)c1)S(=O)(=O)c1ccc(C)cc1. The lowest BCUT2D eigenvalue weighted by molar-refractivity contribution is -0.140. The lowest BCUT2D eigenvalue weighted by Crippen LogP contribution is -2.54. The molecule has 4 aromatic rings. The molecule has 0 fully saturated rings. The molecule has 8 nitrogen and oxygen atoms in total. The topological polar surface area (TPSA) is 96.0 Å². The fraction of sp³-hybridized carbons (Fsp3) is 0.278. The Morgan fingerprint density at radius 2 is 1.57 bits per heavy atom. The van der Waals surface area contributed by atoms with E-state index >= 15 is 0 Å². The Labute approximate surface area is 280 Å². The van der Waals surface area contributed by atoms with Crippen LogP contribution in [0.5, 0.6) is 5.75 Å². The molecule has 4 aromatic carbocycles. The molecule has 0 aliphatic rings. The van der Waals surface area contributed by atoms with E-state index < -0.39 is 28.5 Å². The Hall–Kier alpha value is -4.15. The largest absolute Gasteiger partial charge is 0.497 e. The summed E-state index contributed by atoms with van der Waals surface area (Å²) in [7, 11) is -2.72. The number of sulfonamides is 1. The second-order valence-electron chi connectivity index (χ2n) is 11.2. The predicted molar refractivity (Wildman–Crippen MR) is 185 cm³/mol. The number of hydrogen-bond acceptors (Lipinski definition) is 5. The van der Waals surface area contributed by atoms with E-state index in [0.717, 1.165) is 25.5 Å². The van der Waals surface area contributed by atoms with Crippen molar-refractivity contribution in [2.75, 3.05) is 18.0 Å². The summed E-state index contributed by atoms with van der Waals surface area (Å²) < 4.78 is 35.7. The summed E-state index contributed by atoms with van der Waals surface area (Å²) in [5.74, 6) is -0.399. The van der Waals surface area contributed by atoms with Gasteiger partial charge < -0.3 is 15.0 Å². The van der Waals surface area contributed by atoms with Crippen LogP contribution < -0.4 is 14.4 Å². The summed E-state index contributed by atoms with van der Waals surface area (Å²) in [5.41, 5.74) is 2.82. The number of carbonyl (C=O) groups excluding carboxylic acids is 2. The molecule has 0 spiro atoms. The average molecular weight is 707 g/mol. The molecule has 0 aromatic heterocycles. The number of methoxy groups -OCH3 is 1. The first kappa shape index (κ1) is 34.7. The molecule has 0 bridgehead atoms. The Balaban J connectivity index is 1.82. The highest BCUT2D eigenvalue weighted by Crippen LogP contribution is 2.28. The molecule has 0 radical (unpaired) electrons. The van der Waals surface area contributed by atoms with E-state index in [0.29, 0.717) is 12.2 Å². The molecule has 0 aliphatic carbocycles. The average Bonchev–Trinajstić information content (AvgIpc) is 3.05. The molecule has 0 saturated carbocycles. The van der Waals surface area contributed by atoms with Gasteiger partial charge in [-0.1, -0.05) is 89.1 Å². The molecule has 0 heterocycles. The summed E-state index contributed by atoms with van der Waals surface area (Å²) in [5, 5.41) is 3.05. The zero-order valence-electron chi connectivity index (χ0n) is 26.5.